The highest BCUT2D eigenvalue weighted by Gasteiger charge is 2.65. The fourth-order valence-corrected chi connectivity index (χ4v) is 2.59. The lowest BCUT2D eigenvalue weighted by atomic mass is 10.1. The maximum absolute atomic E-state index is 11.2. The van der Waals surface area contributed by atoms with E-state index in [0.29, 0.717) is 18.3 Å². The van der Waals surface area contributed by atoms with Crippen LogP contribution >= 0.6 is 0 Å². The molecule has 0 spiro atoms. The Bertz CT molecular complexity index is 493. The van der Waals surface area contributed by atoms with E-state index in [-0.39, 0.29) is 11.3 Å². The Hall–Kier alpha value is -1.43. The number of nitrogens with zero attached hydrogens (tertiary/aromatic N) is 2. The second-order valence-corrected chi connectivity index (χ2v) is 6.01. The molecule has 19 heavy (non-hydrogen) atoms. The molecule has 2 rings (SSSR count). The first-order chi connectivity index (χ1) is 8.71. The minimum absolute atomic E-state index is 0.219. The molecule has 0 amide bonds. The Labute approximate surface area is 112 Å². The highest BCUT2D eigenvalue weighted by atomic mass is 16.5. The number of carbonyl (C=O) groups is 1. The van der Waals surface area contributed by atoms with Gasteiger partial charge in [0.2, 0.25) is 11.7 Å². The van der Waals surface area contributed by atoms with Crippen molar-refractivity contribution in [1.29, 1.82) is 0 Å². The van der Waals surface area contributed by atoms with Crippen LogP contribution in [0.25, 0.3) is 0 Å². The Morgan fingerprint density at radius 2 is 2.16 bits per heavy atom. The van der Waals surface area contributed by atoms with Crippen molar-refractivity contribution in [3.8, 4) is 0 Å². The first kappa shape index (κ1) is 14.0. The van der Waals surface area contributed by atoms with Crippen molar-refractivity contribution in [1.82, 2.24) is 10.1 Å². The highest BCUT2D eigenvalue weighted by molar-refractivity contribution is 5.77. The zero-order valence-electron chi connectivity index (χ0n) is 11.9. The van der Waals surface area contributed by atoms with E-state index in [0.717, 1.165) is 0 Å². The van der Waals surface area contributed by atoms with Gasteiger partial charge in [0.1, 0.15) is 5.60 Å². The Balaban J connectivity index is 2.22. The number of hydrogen-bond acceptors (Lipinski definition) is 5. The Morgan fingerprint density at radius 1 is 1.53 bits per heavy atom. The number of carboxylic acids is 1. The topological polar surface area (TPSA) is 85.5 Å². The fourth-order valence-electron chi connectivity index (χ4n) is 2.59. The van der Waals surface area contributed by atoms with Gasteiger partial charge in [0.15, 0.2) is 0 Å². The van der Waals surface area contributed by atoms with E-state index < -0.39 is 17.5 Å². The smallest absolute Gasteiger partial charge is 0.307 e. The second-order valence-electron chi connectivity index (χ2n) is 6.01. The van der Waals surface area contributed by atoms with E-state index in [2.05, 4.69) is 10.1 Å². The largest absolute Gasteiger partial charge is 0.481 e. The molecule has 0 bridgehead atoms. The zero-order chi connectivity index (χ0) is 14.4. The van der Waals surface area contributed by atoms with Gasteiger partial charge < -0.3 is 14.4 Å². The Kier molecular flexibility index (Phi) is 3.16. The second kappa shape index (κ2) is 4.30. The summed E-state index contributed by atoms with van der Waals surface area (Å²) in [7, 11) is 0. The van der Waals surface area contributed by atoms with E-state index in [9.17, 15) is 4.79 Å². The van der Waals surface area contributed by atoms with Gasteiger partial charge in [0.05, 0.1) is 11.8 Å². The van der Waals surface area contributed by atoms with Gasteiger partial charge in [-0.2, -0.15) is 4.98 Å². The van der Waals surface area contributed by atoms with Gasteiger partial charge in [-0.25, -0.2) is 0 Å². The number of aliphatic carboxylic acids is 1. The number of aromatic nitrogens is 2. The molecule has 1 aromatic heterocycles. The molecule has 6 heteroatoms. The molecule has 106 valence electrons. The molecule has 1 saturated carbocycles. The van der Waals surface area contributed by atoms with Gasteiger partial charge in [-0.05, 0) is 26.2 Å². The molecule has 2 atom stereocenters. The minimum atomic E-state index is -0.821. The minimum Gasteiger partial charge on any atom is -0.481 e. The molecular formula is C13H20N2O4. The van der Waals surface area contributed by atoms with Crippen LogP contribution in [0.15, 0.2) is 4.52 Å². The van der Waals surface area contributed by atoms with Crippen LogP contribution in [-0.4, -0.2) is 27.8 Å². The number of ether oxygens (including phenoxy) is 1. The standard InChI is InChI=1S/C13H20N2O4/c1-6-18-13(4,5)11-14-9(19-15-11)7-8(10(16)17)12(7,2)3/h7-8H,6H2,1-5H3,(H,16,17). The molecule has 1 aliphatic rings. The molecule has 2 unspecified atom stereocenters. The first-order valence-corrected chi connectivity index (χ1v) is 6.42. The predicted octanol–water partition coefficient (Wildman–Crippen LogP) is 2.17. The number of carboxylic acid groups (broad SMARTS) is 1. The van der Waals surface area contributed by atoms with E-state index in [4.69, 9.17) is 14.4 Å². The van der Waals surface area contributed by atoms with Crippen LogP contribution in [0.5, 0.6) is 0 Å². The van der Waals surface area contributed by atoms with Gasteiger partial charge in [-0.3, -0.25) is 4.79 Å². The van der Waals surface area contributed by atoms with Crippen molar-refractivity contribution in [3.63, 3.8) is 0 Å². The summed E-state index contributed by atoms with van der Waals surface area (Å²) in [5.41, 5.74) is -0.973. The fraction of sp³-hybridized carbons (Fsp3) is 0.769. The SMILES string of the molecule is CCOC(C)(C)c1noc(C2C(C(=O)O)C2(C)C)n1. The Morgan fingerprint density at radius 3 is 2.63 bits per heavy atom. The molecule has 1 aromatic rings. The third-order valence-corrected chi connectivity index (χ3v) is 3.84. The van der Waals surface area contributed by atoms with Crippen molar-refractivity contribution in [2.45, 2.75) is 46.1 Å². The van der Waals surface area contributed by atoms with Gasteiger partial charge in [0.25, 0.3) is 0 Å². The monoisotopic (exact) mass is 268 g/mol. The third-order valence-electron chi connectivity index (χ3n) is 3.84. The number of rotatable bonds is 5. The first-order valence-electron chi connectivity index (χ1n) is 6.42. The lowest BCUT2D eigenvalue weighted by Gasteiger charge is -2.19. The molecule has 0 aliphatic heterocycles. The van der Waals surface area contributed by atoms with Crippen molar-refractivity contribution in [3.05, 3.63) is 11.7 Å². The maximum Gasteiger partial charge on any atom is 0.307 e. The molecule has 1 aliphatic carbocycles. The van der Waals surface area contributed by atoms with Crippen LogP contribution in [0.4, 0.5) is 0 Å². The zero-order valence-corrected chi connectivity index (χ0v) is 11.9. The van der Waals surface area contributed by atoms with Crippen LogP contribution in [0.2, 0.25) is 0 Å². The maximum atomic E-state index is 11.2. The summed E-state index contributed by atoms with van der Waals surface area (Å²) in [6, 6.07) is 0. The average molecular weight is 268 g/mol. The quantitative estimate of drug-likeness (QED) is 0.880. The molecular weight excluding hydrogens is 248 g/mol. The third kappa shape index (κ3) is 2.25. The molecule has 1 heterocycles. The van der Waals surface area contributed by atoms with Crippen LogP contribution in [-0.2, 0) is 15.1 Å². The summed E-state index contributed by atoms with van der Waals surface area (Å²) in [4.78, 5) is 15.5. The summed E-state index contributed by atoms with van der Waals surface area (Å²) in [6.07, 6.45) is 0. The van der Waals surface area contributed by atoms with Gasteiger partial charge >= 0.3 is 5.97 Å². The average Bonchev–Trinajstić information content (AvgIpc) is 2.68. The lowest BCUT2D eigenvalue weighted by molar-refractivity contribution is -0.139. The highest BCUT2D eigenvalue weighted by Crippen LogP contribution is 2.64. The van der Waals surface area contributed by atoms with Gasteiger partial charge in [-0.1, -0.05) is 19.0 Å². The predicted molar refractivity (Wildman–Crippen MR) is 66.6 cm³/mol. The van der Waals surface area contributed by atoms with Crippen molar-refractivity contribution < 1.29 is 19.2 Å². The van der Waals surface area contributed by atoms with Gasteiger partial charge in [0, 0.05) is 6.61 Å². The van der Waals surface area contributed by atoms with Crippen LogP contribution < -0.4 is 0 Å². The van der Waals surface area contributed by atoms with E-state index >= 15 is 0 Å². The summed E-state index contributed by atoms with van der Waals surface area (Å²) >= 11 is 0. The van der Waals surface area contributed by atoms with Crippen molar-refractivity contribution in [2.75, 3.05) is 6.61 Å². The summed E-state index contributed by atoms with van der Waals surface area (Å²) in [5, 5.41) is 13.1. The molecule has 0 radical (unpaired) electrons. The van der Waals surface area contributed by atoms with Crippen LogP contribution in [0.1, 0.15) is 52.3 Å². The van der Waals surface area contributed by atoms with Crippen LogP contribution in [0, 0.1) is 11.3 Å². The summed E-state index contributed by atoms with van der Waals surface area (Å²) in [5.74, 6) is -0.658. The lowest BCUT2D eigenvalue weighted by Crippen LogP contribution is -2.23. The molecule has 1 N–H and O–H groups in total. The molecule has 6 nitrogen and oxygen atoms in total. The van der Waals surface area contributed by atoms with Crippen molar-refractivity contribution >= 4 is 5.97 Å². The van der Waals surface area contributed by atoms with Crippen LogP contribution in [0.3, 0.4) is 0 Å². The normalized spacial score (nSPS) is 25.3. The summed E-state index contributed by atoms with van der Waals surface area (Å²) in [6.45, 7) is 9.95. The summed E-state index contributed by atoms with van der Waals surface area (Å²) < 4.78 is 10.8. The molecule has 0 aromatic carbocycles. The van der Waals surface area contributed by atoms with E-state index in [1.807, 2.05) is 34.6 Å². The van der Waals surface area contributed by atoms with Crippen molar-refractivity contribution in [2.24, 2.45) is 11.3 Å². The van der Waals surface area contributed by atoms with Gasteiger partial charge in [-0.15, -0.1) is 0 Å². The molecule has 1 fully saturated rings. The van der Waals surface area contributed by atoms with E-state index in [1.165, 1.54) is 0 Å². The molecule has 0 saturated heterocycles. The number of hydrogen-bond donors (Lipinski definition) is 1. The van der Waals surface area contributed by atoms with E-state index in [1.54, 1.807) is 0 Å².